The maximum atomic E-state index is 9.44. The molecule has 84 valence electrons. The van der Waals surface area contributed by atoms with Gasteiger partial charge >= 0.3 is 0 Å². The molecule has 0 spiro atoms. The Labute approximate surface area is 94.4 Å². The predicted molar refractivity (Wildman–Crippen MR) is 62.8 cm³/mol. The third kappa shape index (κ3) is 1.65. The zero-order valence-corrected chi connectivity index (χ0v) is 8.98. The Hall–Kier alpha value is -1.55. The first-order valence-electron chi connectivity index (χ1n) is 5.67. The summed E-state index contributed by atoms with van der Waals surface area (Å²) >= 11 is 0. The molecule has 0 aromatic heterocycles. The number of benzene rings is 1. The van der Waals surface area contributed by atoms with E-state index < -0.39 is 0 Å². The van der Waals surface area contributed by atoms with Crippen molar-refractivity contribution >= 4 is 5.84 Å². The van der Waals surface area contributed by atoms with Crippen molar-refractivity contribution in [2.75, 3.05) is 13.1 Å². The van der Waals surface area contributed by atoms with Gasteiger partial charge in [-0.15, -0.1) is 0 Å². The third-order valence-electron chi connectivity index (χ3n) is 3.18. The van der Waals surface area contributed by atoms with Crippen LogP contribution in [0.5, 0.6) is 5.75 Å². The van der Waals surface area contributed by atoms with Crippen LogP contribution in [0.1, 0.15) is 12.0 Å². The van der Waals surface area contributed by atoms with Gasteiger partial charge in [-0.1, -0.05) is 12.1 Å². The predicted octanol–water partition coefficient (Wildman–Crippen LogP) is 0.472. The SMILES string of the molecule is Oc1cccc(C2=NC3CCNCC3N2)c1. The quantitative estimate of drug-likeness (QED) is 0.641. The van der Waals surface area contributed by atoms with Crippen molar-refractivity contribution in [3.8, 4) is 5.75 Å². The van der Waals surface area contributed by atoms with E-state index in [-0.39, 0.29) is 5.75 Å². The van der Waals surface area contributed by atoms with Crippen LogP contribution in [-0.2, 0) is 0 Å². The Bertz CT molecular complexity index is 430. The van der Waals surface area contributed by atoms with Gasteiger partial charge < -0.3 is 15.7 Å². The Morgan fingerprint density at radius 2 is 2.31 bits per heavy atom. The summed E-state index contributed by atoms with van der Waals surface area (Å²) in [6.07, 6.45) is 1.08. The van der Waals surface area contributed by atoms with Crippen molar-refractivity contribution in [1.29, 1.82) is 0 Å². The lowest BCUT2D eigenvalue weighted by Gasteiger charge is -2.24. The van der Waals surface area contributed by atoms with Gasteiger partial charge in [-0.2, -0.15) is 0 Å². The normalized spacial score (nSPS) is 28.1. The van der Waals surface area contributed by atoms with Crippen LogP contribution < -0.4 is 10.6 Å². The molecule has 1 fully saturated rings. The van der Waals surface area contributed by atoms with Gasteiger partial charge in [-0.25, -0.2) is 0 Å². The summed E-state index contributed by atoms with van der Waals surface area (Å²) in [5.41, 5.74) is 0.967. The molecule has 16 heavy (non-hydrogen) atoms. The molecule has 0 radical (unpaired) electrons. The standard InChI is InChI=1S/C12H15N3O/c16-9-3-1-2-8(6-9)12-14-10-4-5-13-7-11(10)15-12/h1-3,6,10-11,13,16H,4-5,7H2,(H,14,15). The molecular formula is C12H15N3O. The molecule has 0 aliphatic carbocycles. The molecule has 1 aromatic rings. The van der Waals surface area contributed by atoms with E-state index >= 15 is 0 Å². The van der Waals surface area contributed by atoms with E-state index in [1.807, 2.05) is 12.1 Å². The summed E-state index contributed by atoms with van der Waals surface area (Å²) in [4.78, 5) is 4.68. The molecule has 4 nitrogen and oxygen atoms in total. The fourth-order valence-electron chi connectivity index (χ4n) is 2.34. The molecule has 2 heterocycles. The molecule has 2 aliphatic heterocycles. The zero-order valence-electron chi connectivity index (χ0n) is 8.98. The third-order valence-corrected chi connectivity index (χ3v) is 3.18. The molecule has 4 heteroatoms. The fraction of sp³-hybridized carbons (Fsp3) is 0.417. The van der Waals surface area contributed by atoms with Gasteiger partial charge in [0.2, 0.25) is 0 Å². The van der Waals surface area contributed by atoms with E-state index in [1.54, 1.807) is 12.1 Å². The van der Waals surface area contributed by atoms with Gasteiger partial charge in [-0.3, -0.25) is 4.99 Å². The van der Waals surface area contributed by atoms with Crippen molar-refractivity contribution in [3.05, 3.63) is 29.8 Å². The van der Waals surface area contributed by atoms with Gasteiger partial charge in [0.15, 0.2) is 0 Å². The van der Waals surface area contributed by atoms with Crippen LogP contribution in [0.15, 0.2) is 29.3 Å². The van der Waals surface area contributed by atoms with Gasteiger partial charge in [0.1, 0.15) is 11.6 Å². The van der Waals surface area contributed by atoms with Crippen LogP contribution in [-0.4, -0.2) is 36.1 Å². The molecule has 2 atom stereocenters. The lowest BCUT2D eigenvalue weighted by atomic mass is 10.0. The topological polar surface area (TPSA) is 56.7 Å². The number of nitrogens with one attached hydrogen (secondary N) is 2. The van der Waals surface area contributed by atoms with E-state index in [2.05, 4.69) is 15.6 Å². The minimum Gasteiger partial charge on any atom is -0.508 e. The number of fused-ring (bicyclic) bond motifs is 1. The maximum absolute atomic E-state index is 9.44. The Kier molecular flexibility index (Phi) is 2.29. The summed E-state index contributed by atoms with van der Waals surface area (Å²) in [6.45, 7) is 2.01. The number of aromatic hydroxyl groups is 1. The van der Waals surface area contributed by atoms with Crippen LogP contribution in [0.3, 0.4) is 0 Å². The monoisotopic (exact) mass is 217 g/mol. The molecule has 3 N–H and O–H groups in total. The van der Waals surface area contributed by atoms with E-state index in [0.29, 0.717) is 12.1 Å². The Balaban J connectivity index is 1.86. The second-order valence-corrected chi connectivity index (χ2v) is 4.34. The van der Waals surface area contributed by atoms with Crippen molar-refractivity contribution in [3.63, 3.8) is 0 Å². The number of rotatable bonds is 1. The molecule has 3 rings (SSSR count). The first kappa shape index (κ1) is 9.66. The largest absolute Gasteiger partial charge is 0.508 e. The number of nitrogens with zero attached hydrogens (tertiary/aromatic N) is 1. The maximum Gasteiger partial charge on any atom is 0.129 e. The highest BCUT2D eigenvalue weighted by molar-refractivity contribution is 6.00. The number of hydrogen-bond donors (Lipinski definition) is 3. The fourth-order valence-corrected chi connectivity index (χ4v) is 2.34. The second-order valence-electron chi connectivity index (χ2n) is 4.34. The molecule has 2 aliphatic rings. The molecule has 0 bridgehead atoms. The summed E-state index contributed by atoms with van der Waals surface area (Å²) in [5, 5.41) is 16.2. The highest BCUT2D eigenvalue weighted by atomic mass is 16.3. The molecule has 0 saturated carbocycles. The van der Waals surface area contributed by atoms with Crippen molar-refractivity contribution < 1.29 is 5.11 Å². The average molecular weight is 217 g/mol. The number of aliphatic imine (C=N–C) groups is 1. The number of hydrogen-bond acceptors (Lipinski definition) is 4. The summed E-state index contributed by atoms with van der Waals surface area (Å²) in [5.74, 6) is 1.20. The summed E-state index contributed by atoms with van der Waals surface area (Å²) < 4.78 is 0. The van der Waals surface area contributed by atoms with Gasteiger partial charge in [0, 0.05) is 12.1 Å². The van der Waals surface area contributed by atoms with E-state index in [9.17, 15) is 5.11 Å². The van der Waals surface area contributed by atoms with Crippen LogP contribution >= 0.6 is 0 Å². The molecular weight excluding hydrogens is 202 g/mol. The summed E-state index contributed by atoms with van der Waals surface area (Å²) in [7, 11) is 0. The molecule has 1 aromatic carbocycles. The number of phenolic OH excluding ortho intramolecular Hbond substituents is 1. The van der Waals surface area contributed by atoms with Gasteiger partial charge in [-0.05, 0) is 25.1 Å². The smallest absolute Gasteiger partial charge is 0.129 e. The first-order valence-corrected chi connectivity index (χ1v) is 5.67. The van der Waals surface area contributed by atoms with Gasteiger partial charge in [0.05, 0.1) is 12.1 Å². The number of piperidine rings is 1. The first-order chi connectivity index (χ1) is 7.83. The van der Waals surface area contributed by atoms with Crippen LogP contribution in [0.25, 0.3) is 0 Å². The Morgan fingerprint density at radius 3 is 3.12 bits per heavy atom. The molecule has 1 saturated heterocycles. The zero-order chi connectivity index (χ0) is 11.0. The number of amidine groups is 1. The van der Waals surface area contributed by atoms with Gasteiger partial charge in [0.25, 0.3) is 0 Å². The lowest BCUT2D eigenvalue weighted by Crippen LogP contribution is -2.48. The minimum absolute atomic E-state index is 0.287. The van der Waals surface area contributed by atoms with E-state index in [0.717, 1.165) is 30.9 Å². The summed E-state index contributed by atoms with van der Waals surface area (Å²) in [6, 6.07) is 8.03. The van der Waals surface area contributed by atoms with Crippen LogP contribution in [0.2, 0.25) is 0 Å². The van der Waals surface area contributed by atoms with Crippen molar-refractivity contribution in [2.24, 2.45) is 4.99 Å². The van der Waals surface area contributed by atoms with E-state index in [1.165, 1.54) is 0 Å². The lowest BCUT2D eigenvalue weighted by molar-refractivity contribution is 0.402. The average Bonchev–Trinajstić information content (AvgIpc) is 2.72. The second kappa shape index (κ2) is 3.79. The molecule has 0 amide bonds. The van der Waals surface area contributed by atoms with Crippen molar-refractivity contribution in [1.82, 2.24) is 10.6 Å². The molecule has 2 unspecified atom stereocenters. The van der Waals surface area contributed by atoms with Crippen LogP contribution in [0, 0.1) is 0 Å². The minimum atomic E-state index is 0.287. The number of phenols is 1. The van der Waals surface area contributed by atoms with Crippen LogP contribution in [0.4, 0.5) is 0 Å². The van der Waals surface area contributed by atoms with Crippen molar-refractivity contribution in [2.45, 2.75) is 18.5 Å². The Morgan fingerprint density at radius 1 is 1.38 bits per heavy atom. The van der Waals surface area contributed by atoms with E-state index in [4.69, 9.17) is 0 Å². The highest BCUT2D eigenvalue weighted by Gasteiger charge is 2.30. The highest BCUT2D eigenvalue weighted by Crippen LogP contribution is 2.19.